The third-order valence-electron chi connectivity index (χ3n) is 3.05. The van der Waals surface area contributed by atoms with Crippen molar-refractivity contribution >= 4 is 17.6 Å². The standard InChI is InChI=1S/C16H15NO6/c1-22-15(20)13-5-3-4-6-17(14(13)16(21)23-2)10-7-11(18)9-12(19)8-10/h3-9,18-19H,1-2H3. The molecule has 2 N–H and O–H groups in total. The van der Waals surface area contributed by atoms with E-state index in [1.165, 1.54) is 43.5 Å². The monoisotopic (exact) mass is 317 g/mol. The number of nitrogens with zero attached hydrogens (tertiary/aromatic N) is 1. The van der Waals surface area contributed by atoms with Crippen LogP contribution in [0.3, 0.4) is 0 Å². The minimum atomic E-state index is -0.774. The normalized spacial score (nSPS) is 13.7. The van der Waals surface area contributed by atoms with E-state index in [1.54, 1.807) is 12.2 Å². The summed E-state index contributed by atoms with van der Waals surface area (Å²) in [5.74, 6) is -1.90. The van der Waals surface area contributed by atoms with E-state index in [4.69, 9.17) is 9.47 Å². The number of esters is 2. The lowest BCUT2D eigenvalue weighted by molar-refractivity contribution is -0.139. The highest BCUT2D eigenvalue weighted by Gasteiger charge is 2.27. The first-order chi connectivity index (χ1) is 11.0. The van der Waals surface area contributed by atoms with Gasteiger partial charge in [-0.15, -0.1) is 0 Å². The zero-order valence-corrected chi connectivity index (χ0v) is 12.5. The Morgan fingerprint density at radius 1 is 0.957 bits per heavy atom. The largest absolute Gasteiger partial charge is 0.508 e. The lowest BCUT2D eigenvalue weighted by Crippen LogP contribution is -2.26. The van der Waals surface area contributed by atoms with Crippen LogP contribution in [-0.4, -0.2) is 36.4 Å². The maximum absolute atomic E-state index is 12.2. The van der Waals surface area contributed by atoms with Gasteiger partial charge in [0.2, 0.25) is 0 Å². The summed E-state index contributed by atoms with van der Waals surface area (Å²) in [5, 5.41) is 19.3. The number of methoxy groups -OCH3 is 2. The number of carbonyl (C=O) groups is 2. The smallest absolute Gasteiger partial charge is 0.355 e. The van der Waals surface area contributed by atoms with Gasteiger partial charge in [-0.3, -0.25) is 0 Å². The van der Waals surface area contributed by atoms with Gasteiger partial charge in [0.1, 0.15) is 17.2 Å². The molecule has 120 valence electrons. The lowest BCUT2D eigenvalue weighted by atomic mass is 10.1. The molecule has 1 aliphatic heterocycles. The molecule has 1 aromatic carbocycles. The van der Waals surface area contributed by atoms with Crippen molar-refractivity contribution in [3.63, 3.8) is 0 Å². The zero-order valence-electron chi connectivity index (χ0n) is 12.5. The number of hydrogen-bond acceptors (Lipinski definition) is 7. The summed E-state index contributed by atoms with van der Waals surface area (Å²) in [5.41, 5.74) is 0.144. The molecule has 0 bridgehead atoms. The predicted octanol–water partition coefficient (Wildman–Crippen LogP) is 1.59. The Hall–Kier alpha value is -3.22. The molecular formula is C16H15NO6. The molecule has 0 aromatic heterocycles. The van der Waals surface area contributed by atoms with Crippen LogP contribution in [0, 0.1) is 0 Å². The number of allylic oxidation sites excluding steroid dienone is 2. The van der Waals surface area contributed by atoms with E-state index in [-0.39, 0.29) is 28.5 Å². The second kappa shape index (κ2) is 6.69. The number of aromatic hydroxyl groups is 2. The first-order valence-electron chi connectivity index (χ1n) is 6.56. The molecule has 1 aliphatic rings. The molecule has 0 aliphatic carbocycles. The van der Waals surface area contributed by atoms with Gasteiger partial charge in [0, 0.05) is 24.4 Å². The summed E-state index contributed by atoms with van der Waals surface area (Å²) < 4.78 is 9.44. The van der Waals surface area contributed by atoms with Crippen molar-refractivity contribution in [3.8, 4) is 11.5 Å². The highest BCUT2D eigenvalue weighted by Crippen LogP contribution is 2.32. The number of phenols is 2. The van der Waals surface area contributed by atoms with Gasteiger partial charge in [-0.2, -0.15) is 0 Å². The van der Waals surface area contributed by atoms with Crippen LogP contribution >= 0.6 is 0 Å². The average Bonchev–Trinajstić information content (AvgIpc) is 2.75. The van der Waals surface area contributed by atoms with Crippen molar-refractivity contribution in [1.29, 1.82) is 0 Å². The Balaban J connectivity index is 2.68. The quantitative estimate of drug-likeness (QED) is 0.817. The molecular weight excluding hydrogens is 302 g/mol. The topological polar surface area (TPSA) is 96.3 Å². The average molecular weight is 317 g/mol. The number of anilines is 1. The van der Waals surface area contributed by atoms with Gasteiger partial charge in [0.25, 0.3) is 0 Å². The molecule has 0 atom stereocenters. The minimum Gasteiger partial charge on any atom is -0.508 e. The van der Waals surface area contributed by atoms with Gasteiger partial charge in [-0.1, -0.05) is 6.08 Å². The fourth-order valence-electron chi connectivity index (χ4n) is 2.08. The van der Waals surface area contributed by atoms with Crippen molar-refractivity contribution in [2.24, 2.45) is 0 Å². The number of hydrogen-bond donors (Lipinski definition) is 2. The zero-order chi connectivity index (χ0) is 17.0. The molecule has 0 radical (unpaired) electrons. The molecule has 7 heteroatoms. The third kappa shape index (κ3) is 3.34. The van der Waals surface area contributed by atoms with E-state index < -0.39 is 11.9 Å². The van der Waals surface area contributed by atoms with Crippen molar-refractivity contribution in [1.82, 2.24) is 0 Å². The molecule has 0 fully saturated rings. The van der Waals surface area contributed by atoms with Crippen LogP contribution in [-0.2, 0) is 19.1 Å². The maximum Gasteiger partial charge on any atom is 0.355 e. The van der Waals surface area contributed by atoms with E-state index in [0.29, 0.717) is 0 Å². The fraction of sp³-hybridized carbons (Fsp3) is 0.125. The summed E-state index contributed by atoms with van der Waals surface area (Å²) >= 11 is 0. The maximum atomic E-state index is 12.2. The van der Waals surface area contributed by atoms with Crippen molar-refractivity contribution in [2.75, 3.05) is 19.1 Å². The number of phenolic OH excluding ortho intramolecular Hbond substituents is 2. The number of rotatable bonds is 3. The van der Waals surface area contributed by atoms with Crippen LogP contribution in [0.5, 0.6) is 11.5 Å². The van der Waals surface area contributed by atoms with E-state index in [2.05, 4.69) is 0 Å². The molecule has 1 aromatic rings. The van der Waals surface area contributed by atoms with Crippen LogP contribution < -0.4 is 4.90 Å². The molecule has 7 nitrogen and oxygen atoms in total. The molecule has 0 spiro atoms. The number of ether oxygens (including phenoxy) is 2. The first-order valence-corrected chi connectivity index (χ1v) is 6.56. The Kier molecular flexibility index (Phi) is 4.70. The second-order valence-corrected chi connectivity index (χ2v) is 4.52. The number of carbonyl (C=O) groups excluding carboxylic acids is 2. The van der Waals surface area contributed by atoms with Gasteiger partial charge in [0.15, 0.2) is 0 Å². The Labute approximate surface area is 132 Å². The lowest BCUT2D eigenvalue weighted by Gasteiger charge is -2.23. The molecule has 1 heterocycles. The van der Waals surface area contributed by atoms with Gasteiger partial charge in [0.05, 0.1) is 25.5 Å². The Morgan fingerprint density at radius 2 is 1.57 bits per heavy atom. The highest BCUT2D eigenvalue weighted by molar-refractivity contribution is 6.05. The van der Waals surface area contributed by atoms with Crippen molar-refractivity contribution < 1.29 is 29.3 Å². The van der Waals surface area contributed by atoms with Crippen LogP contribution in [0.2, 0.25) is 0 Å². The summed E-state index contributed by atoms with van der Waals surface area (Å²) in [4.78, 5) is 25.5. The van der Waals surface area contributed by atoms with Crippen LogP contribution in [0.25, 0.3) is 0 Å². The van der Waals surface area contributed by atoms with E-state index >= 15 is 0 Å². The number of benzene rings is 1. The molecule has 0 saturated heterocycles. The minimum absolute atomic E-state index is 0.0211. The second-order valence-electron chi connectivity index (χ2n) is 4.52. The molecule has 0 saturated carbocycles. The summed E-state index contributed by atoms with van der Waals surface area (Å²) in [6.07, 6.45) is 6.04. The van der Waals surface area contributed by atoms with Crippen molar-refractivity contribution in [2.45, 2.75) is 0 Å². The van der Waals surface area contributed by atoms with Crippen LogP contribution in [0.15, 0.2) is 53.9 Å². The van der Waals surface area contributed by atoms with Gasteiger partial charge >= 0.3 is 11.9 Å². The fourth-order valence-corrected chi connectivity index (χ4v) is 2.08. The SMILES string of the molecule is COC(=O)C1=C(C(=O)OC)N(c2cc(O)cc(O)c2)C=CC=C1. The summed E-state index contributed by atoms with van der Waals surface area (Å²) in [6.45, 7) is 0. The summed E-state index contributed by atoms with van der Waals surface area (Å²) in [6, 6.07) is 3.80. The highest BCUT2D eigenvalue weighted by atomic mass is 16.5. The van der Waals surface area contributed by atoms with E-state index in [0.717, 1.165) is 6.07 Å². The Bertz CT molecular complexity index is 712. The van der Waals surface area contributed by atoms with Crippen LogP contribution in [0.4, 0.5) is 5.69 Å². The third-order valence-corrected chi connectivity index (χ3v) is 3.05. The molecule has 0 unspecified atom stereocenters. The van der Waals surface area contributed by atoms with Gasteiger partial charge in [-0.25, -0.2) is 9.59 Å². The van der Waals surface area contributed by atoms with Crippen LogP contribution in [0.1, 0.15) is 0 Å². The molecule has 0 amide bonds. The molecule has 23 heavy (non-hydrogen) atoms. The van der Waals surface area contributed by atoms with E-state index in [1.807, 2.05) is 0 Å². The Morgan fingerprint density at radius 3 is 2.13 bits per heavy atom. The first kappa shape index (κ1) is 16.2. The summed E-state index contributed by atoms with van der Waals surface area (Å²) in [7, 11) is 2.38. The molecule has 2 rings (SSSR count). The van der Waals surface area contributed by atoms with Crippen molar-refractivity contribution in [3.05, 3.63) is 53.9 Å². The van der Waals surface area contributed by atoms with E-state index in [9.17, 15) is 19.8 Å². The van der Waals surface area contributed by atoms with Gasteiger partial charge < -0.3 is 24.6 Å². The predicted molar refractivity (Wildman–Crippen MR) is 81.6 cm³/mol. The van der Waals surface area contributed by atoms with Gasteiger partial charge in [-0.05, 0) is 12.2 Å².